The topological polar surface area (TPSA) is 88.1 Å². The molecule has 0 unspecified atom stereocenters. The van der Waals surface area contributed by atoms with Gasteiger partial charge >= 0.3 is 0 Å². The van der Waals surface area contributed by atoms with Crippen molar-refractivity contribution in [3.8, 4) is 0 Å². The molecule has 3 aromatic carbocycles. The SMILES string of the molecule is Cn1c(Nc2cc(CNC(=O)C3(C)CC3)ccc2Cl)nc2cc(NC(=O)c3ccc(Br)cc3)ccc21. The van der Waals surface area contributed by atoms with Crippen LogP contribution in [0.25, 0.3) is 11.0 Å². The van der Waals surface area contributed by atoms with Crippen LogP contribution in [0, 0.1) is 5.41 Å². The predicted molar refractivity (Wildman–Crippen MR) is 147 cm³/mol. The Kier molecular flexibility index (Phi) is 6.49. The van der Waals surface area contributed by atoms with Gasteiger partial charge in [0.2, 0.25) is 11.9 Å². The van der Waals surface area contributed by atoms with Gasteiger partial charge in [0.05, 0.1) is 21.7 Å². The highest BCUT2D eigenvalue weighted by Crippen LogP contribution is 2.45. The Labute approximate surface area is 222 Å². The van der Waals surface area contributed by atoms with E-state index in [0.717, 1.165) is 33.9 Å². The first kappa shape index (κ1) is 24.3. The number of aromatic nitrogens is 2. The number of nitrogens with zero attached hydrogens (tertiary/aromatic N) is 2. The Bertz CT molecular complexity index is 1480. The van der Waals surface area contributed by atoms with Crippen molar-refractivity contribution >= 4 is 67.7 Å². The van der Waals surface area contributed by atoms with E-state index in [9.17, 15) is 9.59 Å². The van der Waals surface area contributed by atoms with Crippen LogP contribution in [0.15, 0.2) is 65.1 Å². The van der Waals surface area contributed by atoms with Gasteiger partial charge in [0.25, 0.3) is 5.91 Å². The van der Waals surface area contributed by atoms with E-state index >= 15 is 0 Å². The standard InChI is InChI=1S/C27H25BrClN5O2/c1-27(11-12-27)25(36)30-15-16-3-9-20(29)21(13-16)32-26-33-22-14-19(8-10-23(22)34(26)2)31-24(35)17-4-6-18(28)7-5-17/h3-10,13-14H,11-12,15H2,1-2H3,(H,30,36)(H,31,35)(H,32,33). The Morgan fingerprint density at radius 1 is 1.08 bits per heavy atom. The van der Waals surface area contributed by atoms with Crippen LogP contribution in [-0.2, 0) is 18.4 Å². The fraction of sp³-hybridized carbons (Fsp3) is 0.222. The number of hydrogen-bond donors (Lipinski definition) is 3. The Hall–Kier alpha value is -3.36. The van der Waals surface area contributed by atoms with Crippen LogP contribution in [0.2, 0.25) is 5.02 Å². The fourth-order valence-electron chi connectivity index (χ4n) is 3.90. The summed E-state index contributed by atoms with van der Waals surface area (Å²) in [7, 11) is 1.91. The molecule has 36 heavy (non-hydrogen) atoms. The highest BCUT2D eigenvalue weighted by molar-refractivity contribution is 9.10. The molecule has 1 fully saturated rings. The summed E-state index contributed by atoms with van der Waals surface area (Å²) in [6.45, 7) is 2.42. The fourth-order valence-corrected chi connectivity index (χ4v) is 4.33. The van der Waals surface area contributed by atoms with E-state index in [1.54, 1.807) is 12.1 Å². The molecule has 1 saturated carbocycles. The Balaban J connectivity index is 1.32. The van der Waals surface area contributed by atoms with Crippen LogP contribution in [0.5, 0.6) is 0 Å². The lowest BCUT2D eigenvalue weighted by atomic mass is 10.1. The zero-order chi connectivity index (χ0) is 25.4. The van der Waals surface area contributed by atoms with Gasteiger partial charge in [0.15, 0.2) is 0 Å². The summed E-state index contributed by atoms with van der Waals surface area (Å²) in [5.74, 6) is 0.503. The van der Waals surface area contributed by atoms with Crippen molar-refractivity contribution in [2.24, 2.45) is 12.5 Å². The minimum absolute atomic E-state index is 0.0883. The van der Waals surface area contributed by atoms with E-state index in [4.69, 9.17) is 16.6 Å². The molecule has 0 spiro atoms. The molecule has 4 aromatic rings. The number of anilines is 3. The molecule has 5 rings (SSSR count). The molecule has 0 saturated heterocycles. The maximum Gasteiger partial charge on any atom is 0.255 e. The number of carbonyl (C=O) groups excluding carboxylic acids is 2. The number of amides is 2. The third-order valence-electron chi connectivity index (χ3n) is 6.52. The van der Waals surface area contributed by atoms with Gasteiger partial charge in [-0.05, 0) is 73.0 Å². The molecular formula is C27H25BrClN5O2. The quantitative estimate of drug-likeness (QED) is 0.241. The number of hydrogen-bond acceptors (Lipinski definition) is 4. The zero-order valence-corrected chi connectivity index (χ0v) is 22.2. The predicted octanol–water partition coefficient (Wildman–Crippen LogP) is 6.40. The molecule has 1 aliphatic carbocycles. The monoisotopic (exact) mass is 565 g/mol. The second kappa shape index (κ2) is 9.59. The highest BCUT2D eigenvalue weighted by Gasteiger charge is 2.44. The van der Waals surface area contributed by atoms with Crippen LogP contribution in [-0.4, -0.2) is 21.4 Å². The molecule has 3 N–H and O–H groups in total. The van der Waals surface area contributed by atoms with Crippen molar-refractivity contribution in [1.82, 2.24) is 14.9 Å². The number of fused-ring (bicyclic) bond motifs is 1. The van der Waals surface area contributed by atoms with Gasteiger partial charge in [0, 0.05) is 34.7 Å². The zero-order valence-electron chi connectivity index (χ0n) is 19.9. The van der Waals surface area contributed by atoms with Crippen molar-refractivity contribution in [3.63, 3.8) is 0 Å². The summed E-state index contributed by atoms with van der Waals surface area (Å²) < 4.78 is 2.84. The molecule has 0 bridgehead atoms. The first-order valence-electron chi connectivity index (χ1n) is 11.6. The van der Waals surface area contributed by atoms with Crippen molar-refractivity contribution < 1.29 is 9.59 Å². The molecule has 9 heteroatoms. The summed E-state index contributed by atoms with van der Waals surface area (Å²) >= 11 is 9.83. The number of rotatable bonds is 7. The minimum atomic E-state index is -0.211. The Morgan fingerprint density at radius 2 is 1.83 bits per heavy atom. The van der Waals surface area contributed by atoms with E-state index < -0.39 is 0 Å². The summed E-state index contributed by atoms with van der Waals surface area (Å²) in [4.78, 5) is 29.6. The van der Waals surface area contributed by atoms with Crippen LogP contribution < -0.4 is 16.0 Å². The van der Waals surface area contributed by atoms with Crippen LogP contribution in [0.4, 0.5) is 17.3 Å². The molecule has 1 heterocycles. The molecule has 0 aliphatic heterocycles. The number of carbonyl (C=O) groups is 2. The molecule has 1 aliphatic rings. The number of imidazole rings is 1. The van der Waals surface area contributed by atoms with Crippen LogP contribution in [0.3, 0.4) is 0 Å². The van der Waals surface area contributed by atoms with E-state index in [0.29, 0.717) is 34.5 Å². The highest BCUT2D eigenvalue weighted by atomic mass is 79.9. The van der Waals surface area contributed by atoms with Crippen molar-refractivity contribution in [2.45, 2.75) is 26.3 Å². The van der Waals surface area contributed by atoms with Crippen molar-refractivity contribution in [2.75, 3.05) is 10.6 Å². The lowest BCUT2D eigenvalue weighted by molar-refractivity contribution is -0.125. The number of halogens is 2. The molecule has 2 amide bonds. The average molecular weight is 567 g/mol. The lowest BCUT2D eigenvalue weighted by Crippen LogP contribution is -2.29. The van der Waals surface area contributed by atoms with E-state index in [1.165, 1.54) is 0 Å². The van der Waals surface area contributed by atoms with Crippen molar-refractivity contribution in [3.05, 3.63) is 81.3 Å². The number of nitrogens with one attached hydrogen (secondary N) is 3. The first-order valence-corrected chi connectivity index (χ1v) is 12.8. The minimum Gasteiger partial charge on any atom is -0.352 e. The van der Waals surface area contributed by atoms with Gasteiger partial charge in [-0.2, -0.15) is 0 Å². The largest absolute Gasteiger partial charge is 0.352 e. The molecule has 0 atom stereocenters. The molecular weight excluding hydrogens is 542 g/mol. The first-order chi connectivity index (χ1) is 17.2. The molecule has 184 valence electrons. The van der Waals surface area contributed by atoms with Gasteiger partial charge < -0.3 is 20.5 Å². The second-order valence-corrected chi connectivity index (χ2v) is 10.7. The molecule has 0 radical (unpaired) electrons. The third-order valence-corrected chi connectivity index (χ3v) is 7.38. The van der Waals surface area contributed by atoms with E-state index in [-0.39, 0.29) is 17.2 Å². The van der Waals surface area contributed by atoms with Gasteiger partial charge in [0.1, 0.15) is 0 Å². The van der Waals surface area contributed by atoms with Crippen molar-refractivity contribution in [1.29, 1.82) is 0 Å². The third kappa shape index (κ3) is 5.10. The smallest absolute Gasteiger partial charge is 0.255 e. The number of aryl methyl sites for hydroxylation is 1. The lowest BCUT2D eigenvalue weighted by Gasteiger charge is -2.13. The molecule has 7 nitrogen and oxygen atoms in total. The molecule has 1 aromatic heterocycles. The number of benzene rings is 3. The van der Waals surface area contributed by atoms with Gasteiger partial charge in [-0.15, -0.1) is 0 Å². The summed E-state index contributed by atoms with van der Waals surface area (Å²) in [5, 5.41) is 9.79. The maximum absolute atomic E-state index is 12.6. The summed E-state index contributed by atoms with van der Waals surface area (Å²) in [6.07, 6.45) is 1.88. The summed E-state index contributed by atoms with van der Waals surface area (Å²) in [5.41, 5.74) is 4.28. The van der Waals surface area contributed by atoms with E-state index in [2.05, 4.69) is 31.9 Å². The normalized spacial score (nSPS) is 13.9. The second-order valence-electron chi connectivity index (χ2n) is 9.34. The average Bonchev–Trinajstić information content (AvgIpc) is 3.55. The van der Waals surface area contributed by atoms with Gasteiger partial charge in [-0.25, -0.2) is 4.98 Å². The van der Waals surface area contributed by atoms with Crippen LogP contribution >= 0.6 is 27.5 Å². The van der Waals surface area contributed by atoms with Crippen LogP contribution in [0.1, 0.15) is 35.7 Å². The van der Waals surface area contributed by atoms with E-state index in [1.807, 2.05) is 67.1 Å². The maximum atomic E-state index is 12.6. The summed E-state index contributed by atoms with van der Waals surface area (Å²) in [6, 6.07) is 18.4. The Morgan fingerprint density at radius 3 is 2.56 bits per heavy atom. The van der Waals surface area contributed by atoms with Gasteiger partial charge in [-0.3, -0.25) is 9.59 Å². The van der Waals surface area contributed by atoms with Gasteiger partial charge in [-0.1, -0.05) is 40.5 Å².